The lowest BCUT2D eigenvalue weighted by Gasteiger charge is -2.32. The summed E-state index contributed by atoms with van der Waals surface area (Å²) < 4.78 is 12.2. The van der Waals surface area contributed by atoms with Gasteiger partial charge in [-0.2, -0.15) is 0 Å². The summed E-state index contributed by atoms with van der Waals surface area (Å²) in [5.74, 6) is -0.186. The highest BCUT2D eigenvalue weighted by Crippen LogP contribution is 2.37. The van der Waals surface area contributed by atoms with E-state index in [0.717, 1.165) is 11.2 Å². The number of aryl methyl sites for hydroxylation is 1. The van der Waals surface area contributed by atoms with Crippen molar-refractivity contribution in [1.29, 1.82) is 0 Å². The van der Waals surface area contributed by atoms with Crippen molar-refractivity contribution in [2.75, 3.05) is 5.32 Å². The first-order valence-electron chi connectivity index (χ1n) is 8.38. The van der Waals surface area contributed by atoms with Crippen molar-refractivity contribution in [2.24, 2.45) is 0 Å². The zero-order chi connectivity index (χ0) is 18.2. The summed E-state index contributed by atoms with van der Waals surface area (Å²) in [6, 6.07) is 11.0. The third-order valence-corrected chi connectivity index (χ3v) is 4.88. The van der Waals surface area contributed by atoms with Crippen molar-refractivity contribution >= 4 is 24.2 Å². The average Bonchev–Trinajstić information content (AvgIpc) is 2.76. The number of benzene rings is 1. The molecule has 0 radical (unpaired) electrons. The van der Waals surface area contributed by atoms with Gasteiger partial charge in [-0.05, 0) is 52.8 Å². The number of amides is 1. The summed E-state index contributed by atoms with van der Waals surface area (Å²) >= 11 is 0. The number of rotatable bonds is 3. The molecular formula is C19H23BN2O3. The van der Waals surface area contributed by atoms with E-state index in [0.29, 0.717) is 11.3 Å². The van der Waals surface area contributed by atoms with E-state index in [1.807, 2.05) is 58.9 Å². The number of nitrogens with one attached hydrogen (secondary N) is 1. The molecule has 2 heterocycles. The number of hydrogen-bond donors (Lipinski definition) is 1. The third kappa shape index (κ3) is 3.46. The van der Waals surface area contributed by atoms with Gasteiger partial charge in [0.1, 0.15) is 0 Å². The van der Waals surface area contributed by atoms with E-state index in [-0.39, 0.29) is 5.91 Å². The molecule has 1 aromatic carbocycles. The molecule has 1 fully saturated rings. The molecule has 1 saturated heterocycles. The first-order valence-corrected chi connectivity index (χ1v) is 8.38. The van der Waals surface area contributed by atoms with E-state index in [9.17, 15) is 4.79 Å². The van der Waals surface area contributed by atoms with Crippen LogP contribution in [0.4, 0.5) is 5.69 Å². The van der Waals surface area contributed by atoms with Crippen molar-refractivity contribution in [3.05, 3.63) is 53.9 Å². The topological polar surface area (TPSA) is 60.5 Å². The molecule has 3 rings (SSSR count). The molecular weight excluding hydrogens is 315 g/mol. The lowest BCUT2D eigenvalue weighted by atomic mass is 9.77. The number of hydrogen-bond acceptors (Lipinski definition) is 4. The maximum Gasteiger partial charge on any atom is 0.496 e. The minimum absolute atomic E-state index is 0.186. The van der Waals surface area contributed by atoms with Crippen molar-refractivity contribution in [2.45, 2.75) is 45.8 Å². The maximum atomic E-state index is 12.6. The van der Waals surface area contributed by atoms with E-state index >= 15 is 0 Å². The zero-order valence-corrected chi connectivity index (χ0v) is 15.3. The van der Waals surface area contributed by atoms with E-state index in [2.05, 4.69) is 10.3 Å². The number of para-hydroxylation sites is 1. The number of carbonyl (C=O) groups is 1. The third-order valence-electron chi connectivity index (χ3n) is 4.88. The number of pyridine rings is 1. The highest BCUT2D eigenvalue weighted by Gasteiger charge is 2.52. The molecule has 25 heavy (non-hydrogen) atoms. The van der Waals surface area contributed by atoms with Gasteiger partial charge in [0.05, 0.1) is 11.2 Å². The highest BCUT2D eigenvalue weighted by molar-refractivity contribution is 6.64. The highest BCUT2D eigenvalue weighted by atomic mass is 16.7. The van der Waals surface area contributed by atoms with Gasteiger partial charge in [0.2, 0.25) is 0 Å². The van der Waals surface area contributed by atoms with Crippen molar-refractivity contribution < 1.29 is 14.1 Å². The molecule has 130 valence electrons. The Morgan fingerprint density at radius 2 is 1.72 bits per heavy atom. The van der Waals surface area contributed by atoms with Crippen LogP contribution in [0.3, 0.4) is 0 Å². The quantitative estimate of drug-likeness (QED) is 0.874. The Morgan fingerprint density at radius 3 is 2.36 bits per heavy atom. The molecule has 0 bridgehead atoms. The van der Waals surface area contributed by atoms with Gasteiger partial charge in [-0.1, -0.05) is 18.2 Å². The largest absolute Gasteiger partial charge is 0.496 e. The Morgan fingerprint density at radius 1 is 1.08 bits per heavy atom. The van der Waals surface area contributed by atoms with Gasteiger partial charge in [0.25, 0.3) is 5.91 Å². The van der Waals surface area contributed by atoms with Crippen molar-refractivity contribution in [1.82, 2.24) is 4.98 Å². The van der Waals surface area contributed by atoms with Crippen LogP contribution in [-0.4, -0.2) is 29.2 Å². The molecule has 0 atom stereocenters. The summed E-state index contributed by atoms with van der Waals surface area (Å²) in [7, 11) is -0.527. The van der Waals surface area contributed by atoms with Gasteiger partial charge in [-0.25, -0.2) is 0 Å². The maximum absolute atomic E-state index is 12.6. The van der Waals surface area contributed by atoms with Crippen molar-refractivity contribution in [3.63, 3.8) is 0 Å². The van der Waals surface area contributed by atoms with Crippen LogP contribution in [-0.2, 0) is 9.31 Å². The molecule has 1 aromatic heterocycles. The summed E-state index contributed by atoms with van der Waals surface area (Å²) in [6.45, 7) is 9.89. The van der Waals surface area contributed by atoms with Crippen LogP contribution < -0.4 is 10.8 Å². The Hall–Kier alpha value is -2.18. The predicted molar refractivity (Wildman–Crippen MR) is 99.1 cm³/mol. The molecule has 0 aliphatic carbocycles. The van der Waals surface area contributed by atoms with Crippen LogP contribution >= 0.6 is 0 Å². The molecule has 1 N–H and O–H groups in total. The van der Waals surface area contributed by atoms with Gasteiger partial charge in [0.15, 0.2) is 0 Å². The lowest BCUT2D eigenvalue weighted by molar-refractivity contribution is 0.00578. The number of aromatic nitrogens is 1. The second-order valence-corrected chi connectivity index (χ2v) is 7.32. The molecule has 1 aliphatic rings. The van der Waals surface area contributed by atoms with E-state index in [1.54, 1.807) is 18.3 Å². The normalized spacial score (nSPS) is 18.2. The number of nitrogens with zero attached hydrogens (tertiary/aromatic N) is 1. The number of carbonyl (C=O) groups excluding carboxylic acids is 1. The summed E-state index contributed by atoms with van der Waals surface area (Å²) in [6.07, 6.45) is 1.63. The molecule has 5 nitrogen and oxygen atoms in total. The molecule has 0 saturated carbocycles. The first-order chi connectivity index (χ1) is 11.7. The van der Waals surface area contributed by atoms with Gasteiger partial charge in [0, 0.05) is 28.6 Å². The SMILES string of the molecule is Cc1cc(C(=O)Nc2ccccc2B2OC(C)(C)C(C)(C)O2)ccn1. The Balaban J connectivity index is 1.86. The summed E-state index contributed by atoms with van der Waals surface area (Å²) in [5.41, 5.74) is 1.98. The Bertz CT molecular complexity index is 789. The van der Waals surface area contributed by atoms with Crippen LogP contribution in [0, 0.1) is 6.92 Å². The van der Waals surface area contributed by atoms with Crippen molar-refractivity contribution in [3.8, 4) is 0 Å². The molecule has 1 aliphatic heterocycles. The van der Waals surface area contributed by atoms with Gasteiger partial charge < -0.3 is 14.6 Å². The van der Waals surface area contributed by atoms with Crippen LogP contribution in [0.2, 0.25) is 0 Å². The van der Waals surface area contributed by atoms with Crippen LogP contribution in [0.1, 0.15) is 43.7 Å². The van der Waals surface area contributed by atoms with Crippen LogP contribution in [0.15, 0.2) is 42.6 Å². The fraction of sp³-hybridized carbons (Fsp3) is 0.368. The molecule has 2 aromatic rings. The second kappa shape index (κ2) is 6.28. The van der Waals surface area contributed by atoms with Crippen LogP contribution in [0.25, 0.3) is 0 Å². The smallest absolute Gasteiger partial charge is 0.399 e. The Kier molecular flexibility index (Phi) is 4.43. The standard InChI is InChI=1S/C19H23BN2O3/c1-13-12-14(10-11-21-13)17(23)22-16-9-7-6-8-15(16)20-24-18(2,3)19(4,5)25-20/h6-12H,1-5H3,(H,22,23). The Labute approximate surface area is 148 Å². The summed E-state index contributed by atoms with van der Waals surface area (Å²) in [5, 5.41) is 2.96. The molecule has 0 spiro atoms. The fourth-order valence-electron chi connectivity index (χ4n) is 2.67. The first kappa shape index (κ1) is 17.6. The van der Waals surface area contributed by atoms with E-state index < -0.39 is 18.3 Å². The molecule has 0 unspecified atom stereocenters. The molecule has 6 heteroatoms. The van der Waals surface area contributed by atoms with E-state index in [4.69, 9.17) is 9.31 Å². The average molecular weight is 338 g/mol. The fourth-order valence-corrected chi connectivity index (χ4v) is 2.67. The van der Waals surface area contributed by atoms with Gasteiger partial charge in [-0.15, -0.1) is 0 Å². The zero-order valence-electron chi connectivity index (χ0n) is 15.3. The number of anilines is 1. The van der Waals surface area contributed by atoms with Gasteiger partial charge in [-0.3, -0.25) is 9.78 Å². The van der Waals surface area contributed by atoms with E-state index in [1.165, 1.54) is 0 Å². The minimum Gasteiger partial charge on any atom is -0.399 e. The molecule has 1 amide bonds. The second-order valence-electron chi connectivity index (χ2n) is 7.32. The van der Waals surface area contributed by atoms with Crippen LogP contribution in [0.5, 0.6) is 0 Å². The minimum atomic E-state index is -0.527. The predicted octanol–water partition coefficient (Wildman–Crippen LogP) is 2.94. The van der Waals surface area contributed by atoms with Gasteiger partial charge >= 0.3 is 7.12 Å². The lowest BCUT2D eigenvalue weighted by Crippen LogP contribution is -2.41. The monoisotopic (exact) mass is 338 g/mol. The summed E-state index contributed by atoms with van der Waals surface area (Å²) in [4.78, 5) is 16.7.